The van der Waals surface area contributed by atoms with Crippen LogP contribution >= 0.6 is 34.8 Å². The van der Waals surface area contributed by atoms with Crippen LogP contribution in [0.3, 0.4) is 0 Å². The van der Waals surface area contributed by atoms with E-state index < -0.39 is 10.0 Å². The van der Waals surface area contributed by atoms with E-state index in [-0.39, 0.29) is 32.1 Å². The standard InChI is InChI=1S/C10H7Cl3N4O3S/c1-20-8-3-7(12)15-10(16-8)17-21(18,19)5-2-6(11)9(13)14-4-5/h2-4H,1H3,(H,15,16,17). The molecule has 0 aromatic carbocycles. The zero-order chi connectivity index (χ0) is 15.6. The number of anilines is 1. The van der Waals surface area contributed by atoms with Crippen LogP contribution in [0.1, 0.15) is 0 Å². The van der Waals surface area contributed by atoms with Crippen LogP contribution in [0.2, 0.25) is 15.3 Å². The molecule has 0 aliphatic carbocycles. The van der Waals surface area contributed by atoms with Gasteiger partial charge in [0.05, 0.1) is 12.1 Å². The van der Waals surface area contributed by atoms with Crippen molar-refractivity contribution in [3.63, 3.8) is 0 Å². The van der Waals surface area contributed by atoms with Gasteiger partial charge in [0.25, 0.3) is 10.0 Å². The predicted octanol–water partition coefficient (Wildman–Crippen LogP) is 2.64. The average molecular weight is 370 g/mol. The van der Waals surface area contributed by atoms with E-state index in [0.717, 1.165) is 12.3 Å². The van der Waals surface area contributed by atoms with Gasteiger partial charge in [-0.3, -0.25) is 0 Å². The molecule has 0 unspecified atom stereocenters. The fourth-order valence-corrected chi connectivity index (χ4v) is 2.70. The highest BCUT2D eigenvalue weighted by Gasteiger charge is 2.18. The Morgan fingerprint density at radius 2 is 1.90 bits per heavy atom. The molecule has 0 radical (unpaired) electrons. The van der Waals surface area contributed by atoms with Gasteiger partial charge in [-0.25, -0.2) is 23.1 Å². The molecule has 0 bridgehead atoms. The first kappa shape index (κ1) is 16.0. The largest absolute Gasteiger partial charge is 0.481 e. The molecule has 0 fully saturated rings. The summed E-state index contributed by atoms with van der Waals surface area (Å²) in [5.74, 6) is -0.134. The Bertz CT molecular complexity index is 785. The lowest BCUT2D eigenvalue weighted by Gasteiger charge is -2.08. The number of pyridine rings is 1. The Balaban J connectivity index is 2.37. The van der Waals surface area contributed by atoms with Gasteiger partial charge < -0.3 is 4.74 Å². The summed E-state index contributed by atoms with van der Waals surface area (Å²) in [5.41, 5.74) is 0. The average Bonchev–Trinajstić information content (AvgIpc) is 2.40. The van der Waals surface area contributed by atoms with Crippen LogP contribution in [-0.2, 0) is 10.0 Å². The van der Waals surface area contributed by atoms with Gasteiger partial charge in [-0.05, 0) is 6.07 Å². The minimum atomic E-state index is -3.99. The minimum absolute atomic E-state index is 0.00343. The van der Waals surface area contributed by atoms with E-state index in [4.69, 9.17) is 39.5 Å². The van der Waals surface area contributed by atoms with Crippen molar-refractivity contribution in [3.05, 3.63) is 33.7 Å². The van der Waals surface area contributed by atoms with Crippen molar-refractivity contribution < 1.29 is 13.2 Å². The molecule has 21 heavy (non-hydrogen) atoms. The Labute approximate surface area is 135 Å². The number of nitrogens with one attached hydrogen (secondary N) is 1. The molecule has 2 aromatic rings. The number of hydrogen-bond acceptors (Lipinski definition) is 6. The SMILES string of the molecule is COc1cc(Cl)nc(NS(=O)(=O)c2cnc(Cl)c(Cl)c2)n1. The van der Waals surface area contributed by atoms with E-state index >= 15 is 0 Å². The molecule has 1 N–H and O–H groups in total. The van der Waals surface area contributed by atoms with Crippen LogP contribution in [0.4, 0.5) is 5.95 Å². The lowest BCUT2D eigenvalue weighted by Crippen LogP contribution is -2.15. The van der Waals surface area contributed by atoms with Crippen molar-refractivity contribution in [2.75, 3.05) is 11.8 Å². The summed E-state index contributed by atoms with van der Waals surface area (Å²) in [4.78, 5) is 11.0. The molecule has 0 atom stereocenters. The fraction of sp³-hybridized carbons (Fsp3) is 0.100. The van der Waals surface area contributed by atoms with Crippen molar-refractivity contribution in [2.45, 2.75) is 4.90 Å². The quantitative estimate of drug-likeness (QED) is 0.657. The van der Waals surface area contributed by atoms with Gasteiger partial charge in [0, 0.05) is 12.3 Å². The summed E-state index contributed by atoms with van der Waals surface area (Å²) in [6.45, 7) is 0. The first-order chi connectivity index (χ1) is 9.81. The topological polar surface area (TPSA) is 94.1 Å². The van der Waals surface area contributed by atoms with Crippen molar-refractivity contribution in [2.24, 2.45) is 0 Å². The summed E-state index contributed by atoms with van der Waals surface area (Å²) in [5, 5.41) is 0.0206. The Kier molecular flexibility index (Phi) is 4.72. The molecular weight excluding hydrogens is 363 g/mol. The first-order valence-electron chi connectivity index (χ1n) is 5.24. The maximum atomic E-state index is 12.2. The normalized spacial score (nSPS) is 11.2. The molecule has 2 heterocycles. The van der Waals surface area contributed by atoms with Crippen LogP contribution in [-0.4, -0.2) is 30.5 Å². The van der Waals surface area contributed by atoms with E-state index in [1.807, 2.05) is 0 Å². The Morgan fingerprint density at radius 3 is 2.52 bits per heavy atom. The molecule has 0 saturated carbocycles. The zero-order valence-corrected chi connectivity index (χ0v) is 13.4. The molecule has 7 nitrogen and oxygen atoms in total. The molecular formula is C10H7Cl3N4O3S. The number of aromatic nitrogens is 3. The minimum Gasteiger partial charge on any atom is -0.481 e. The lowest BCUT2D eigenvalue weighted by atomic mass is 10.5. The summed E-state index contributed by atoms with van der Waals surface area (Å²) < 4.78 is 31.3. The van der Waals surface area contributed by atoms with Gasteiger partial charge in [-0.2, -0.15) is 4.98 Å². The maximum Gasteiger partial charge on any atom is 0.265 e. The van der Waals surface area contributed by atoms with E-state index in [0.29, 0.717) is 0 Å². The third-order valence-electron chi connectivity index (χ3n) is 2.19. The van der Waals surface area contributed by atoms with Gasteiger partial charge in [0.1, 0.15) is 15.2 Å². The van der Waals surface area contributed by atoms with Crippen molar-refractivity contribution >= 4 is 50.8 Å². The molecule has 0 saturated heterocycles. The number of ether oxygens (including phenoxy) is 1. The van der Waals surface area contributed by atoms with Gasteiger partial charge in [0.15, 0.2) is 0 Å². The second-order valence-electron chi connectivity index (χ2n) is 3.61. The molecule has 112 valence electrons. The van der Waals surface area contributed by atoms with Crippen LogP contribution in [0.5, 0.6) is 5.88 Å². The van der Waals surface area contributed by atoms with Crippen molar-refractivity contribution in [1.82, 2.24) is 15.0 Å². The number of halogens is 3. The number of rotatable bonds is 4. The number of nitrogens with zero attached hydrogens (tertiary/aromatic N) is 3. The van der Waals surface area contributed by atoms with Crippen LogP contribution < -0.4 is 9.46 Å². The van der Waals surface area contributed by atoms with Crippen molar-refractivity contribution in [1.29, 1.82) is 0 Å². The summed E-state index contributed by atoms with van der Waals surface area (Å²) >= 11 is 17.1. The van der Waals surface area contributed by atoms with Crippen LogP contribution in [0.15, 0.2) is 23.2 Å². The highest BCUT2D eigenvalue weighted by Crippen LogP contribution is 2.24. The lowest BCUT2D eigenvalue weighted by molar-refractivity contribution is 0.397. The number of hydrogen-bond donors (Lipinski definition) is 1. The third kappa shape index (κ3) is 3.85. The summed E-state index contributed by atoms with van der Waals surface area (Å²) in [7, 11) is -2.63. The van der Waals surface area contributed by atoms with E-state index in [9.17, 15) is 8.42 Å². The summed E-state index contributed by atoms with van der Waals surface area (Å²) in [6.07, 6.45) is 1.05. The molecule has 2 aromatic heterocycles. The van der Waals surface area contributed by atoms with Gasteiger partial charge in [0.2, 0.25) is 11.8 Å². The number of sulfonamides is 1. The molecule has 0 aliphatic heterocycles. The molecule has 2 rings (SSSR count). The van der Waals surface area contributed by atoms with Crippen LogP contribution in [0.25, 0.3) is 0 Å². The number of methoxy groups -OCH3 is 1. The monoisotopic (exact) mass is 368 g/mol. The predicted molar refractivity (Wildman–Crippen MR) is 78.7 cm³/mol. The third-order valence-corrected chi connectivity index (χ3v) is 4.36. The van der Waals surface area contributed by atoms with E-state index in [1.165, 1.54) is 13.2 Å². The maximum absolute atomic E-state index is 12.2. The molecule has 11 heteroatoms. The van der Waals surface area contributed by atoms with Gasteiger partial charge >= 0.3 is 0 Å². The van der Waals surface area contributed by atoms with E-state index in [1.54, 1.807) is 0 Å². The smallest absolute Gasteiger partial charge is 0.265 e. The second kappa shape index (κ2) is 6.18. The van der Waals surface area contributed by atoms with Gasteiger partial charge in [-0.1, -0.05) is 34.8 Å². The second-order valence-corrected chi connectivity index (χ2v) is 6.44. The highest BCUT2D eigenvalue weighted by atomic mass is 35.5. The fourth-order valence-electron chi connectivity index (χ4n) is 1.28. The van der Waals surface area contributed by atoms with Gasteiger partial charge in [-0.15, -0.1) is 0 Å². The summed E-state index contributed by atoms with van der Waals surface area (Å²) in [6, 6.07) is 2.49. The molecule has 0 amide bonds. The Morgan fingerprint density at radius 1 is 1.19 bits per heavy atom. The first-order valence-corrected chi connectivity index (χ1v) is 7.86. The van der Waals surface area contributed by atoms with Crippen LogP contribution in [0, 0.1) is 0 Å². The zero-order valence-electron chi connectivity index (χ0n) is 10.3. The van der Waals surface area contributed by atoms with Crippen molar-refractivity contribution in [3.8, 4) is 5.88 Å². The molecule has 0 spiro atoms. The van der Waals surface area contributed by atoms with E-state index in [2.05, 4.69) is 19.7 Å². The molecule has 0 aliphatic rings. The highest BCUT2D eigenvalue weighted by molar-refractivity contribution is 7.92. The Hall–Kier alpha value is -1.35.